The van der Waals surface area contributed by atoms with Crippen molar-refractivity contribution in [3.05, 3.63) is 121 Å². The summed E-state index contributed by atoms with van der Waals surface area (Å²) in [5, 5.41) is 0. The molecule has 1 saturated carbocycles. The molecular formula is C30H30O8P2. The minimum absolute atomic E-state index is 0.320. The molecule has 10 heteroatoms. The Balaban J connectivity index is 1.40. The molecule has 0 N–H and O–H groups in total. The summed E-state index contributed by atoms with van der Waals surface area (Å²) >= 11 is 0. The SMILES string of the molecule is O=P(Oc1ccccc1)(Oc1ccccc1)O[C@@H]1CCCC[C@H]1OP(=O)(Oc1ccccc1)Oc1ccccc1. The van der Waals surface area contributed by atoms with Gasteiger partial charge in [-0.2, -0.15) is 0 Å². The zero-order valence-electron chi connectivity index (χ0n) is 21.7. The van der Waals surface area contributed by atoms with Gasteiger partial charge in [-0.05, 0) is 61.4 Å². The van der Waals surface area contributed by atoms with Crippen LogP contribution < -0.4 is 18.1 Å². The van der Waals surface area contributed by atoms with Crippen molar-refractivity contribution in [3.63, 3.8) is 0 Å². The third kappa shape index (κ3) is 8.00. The minimum atomic E-state index is -4.22. The lowest BCUT2D eigenvalue weighted by Crippen LogP contribution is -2.35. The molecule has 0 unspecified atom stereocenters. The molecule has 40 heavy (non-hydrogen) atoms. The summed E-state index contributed by atoms with van der Waals surface area (Å²) in [7, 11) is -8.44. The van der Waals surface area contributed by atoms with Crippen LogP contribution in [-0.4, -0.2) is 12.2 Å². The van der Waals surface area contributed by atoms with E-state index < -0.39 is 27.9 Å². The van der Waals surface area contributed by atoms with Crippen LogP contribution in [0.2, 0.25) is 0 Å². The van der Waals surface area contributed by atoms with Gasteiger partial charge in [0, 0.05) is 0 Å². The molecule has 0 aliphatic heterocycles. The third-order valence-electron chi connectivity index (χ3n) is 6.01. The second-order valence-electron chi connectivity index (χ2n) is 9.08. The second-order valence-corrected chi connectivity index (χ2v) is 12.0. The maximum absolute atomic E-state index is 14.1. The van der Waals surface area contributed by atoms with Crippen molar-refractivity contribution < 1.29 is 36.3 Å². The number of para-hydroxylation sites is 4. The summed E-state index contributed by atoms with van der Waals surface area (Å²) in [5.41, 5.74) is 0. The molecule has 1 aliphatic carbocycles. The number of rotatable bonds is 12. The lowest BCUT2D eigenvalue weighted by Gasteiger charge is -2.34. The van der Waals surface area contributed by atoms with Crippen molar-refractivity contribution in [2.45, 2.75) is 37.9 Å². The summed E-state index contributed by atoms with van der Waals surface area (Å²) in [6, 6.07) is 34.6. The van der Waals surface area contributed by atoms with E-state index in [0.29, 0.717) is 35.8 Å². The van der Waals surface area contributed by atoms with Crippen LogP contribution in [0.1, 0.15) is 25.7 Å². The Morgan fingerprint density at radius 1 is 0.425 bits per heavy atom. The average Bonchev–Trinajstić information content (AvgIpc) is 2.96. The van der Waals surface area contributed by atoms with Crippen molar-refractivity contribution in [2.24, 2.45) is 0 Å². The fourth-order valence-electron chi connectivity index (χ4n) is 4.20. The molecule has 0 saturated heterocycles. The zero-order valence-corrected chi connectivity index (χ0v) is 23.5. The van der Waals surface area contributed by atoms with E-state index >= 15 is 0 Å². The Kier molecular flexibility index (Phi) is 9.25. The van der Waals surface area contributed by atoms with Gasteiger partial charge in [0.15, 0.2) is 0 Å². The van der Waals surface area contributed by atoms with Crippen molar-refractivity contribution >= 4 is 15.6 Å². The van der Waals surface area contributed by atoms with Gasteiger partial charge >= 0.3 is 15.6 Å². The van der Waals surface area contributed by atoms with Gasteiger partial charge in [-0.15, -0.1) is 0 Å². The maximum Gasteiger partial charge on any atom is 0.587 e. The quantitative estimate of drug-likeness (QED) is 0.154. The van der Waals surface area contributed by atoms with E-state index in [1.165, 1.54) is 0 Å². The molecule has 208 valence electrons. The van der Waals surface area contributed by atoms with Crippen LogP contribution in [-0.2, 0) is 18.2 Å². The second kappa shape index (κ2) is 13.2. The van der Waals surface area contributed by atoms with E-state index in [1.807, 2.05) is 24.3 Å². The Morgan fingerprint density at radius 2 is 0.675 bits per heavy atom. The highest BCUT2D eigenvalue weighted by atomic mass is 31.2. The van der Waals surface area contributed by atoms with E-state index in [-0.39, 0.29) is 0 Å². The third-order valence-corrected chi connectivity index (χ3v) is 8.81. The molecular weight excluding hydrogens is 550 g/mol. The molecule has 0 amide bonds. The van der Waals surface area contributed by atoms with Crippen molar-refractivity contribution in [1.82, 2.24) is 0 Å². The highest BCUT2D eigenvalue weighted by Crippen LogP contribution is 2.56. The molecule has 5 rings (SSSR count). The Bertz CT molecular complexity index is 1220. The standard InChI is InChI=1S/C30H30O8P2/c31-39(33-25-15-5-1-6-16-25,34-26-17-7-2-8-18-26)37-29-23-13-14-24-30(29)38-40(32,35-27-19-9-3-10-20-27)36-28-21-11-4-12-22-28/h1-12,15-22,29-30H,13-14,23-24H2/t29-,30-/m1/s1. The van der Waals surface area contributed by atoms with Crippen molar-refractivity contribution in [1.29, 1.82) is 0 Å². The Hall–Kier alpha value is -3.54. The first kappa shape index (κ1) is 28.0. The van der Waals surface area contributed by atoms with Gasteiger partial charge in [-0.3, -0.25) is 9.05 Å². The van der Waals surface area contributed by atoms with Gasteiger partial charge in [0.2, 0.25) is 0 Å². The van der Waals surface area contributed by atoms with Gasteiger partial charge in [0.05, 0.1) is 12.2 Å². The van der Waals surface area contributed by atoms with Gasteiger partial charge in [-0.1, -0.05) is 85.6 Å². The minimum Gasteiger partial charge on any atom is -0.395 e. The summed E-state index contributed by atoms with van der Waals surface area (Å²) in [4.78, 5) is 0. The highest BCUT2D eigenvalue weighted by Gasteiger charge is 2.44. The van der Waals surface area contributed by atoms with Crippen LogP contribution in [0.5, 0.6) is 23.0 Å². The number of phosphoric ester groups is 2. The normalized spacial score (nSPS) is 17.5. The predicted molar refractivity (Wildman–Crippen MR) is 152 cm³/mol. The van der Waals surface area contributed by atoms with Crippen molar-refractivity contribution in [3.8, 4) is 23.0 Å². The van der Waals surface area contributed by atoms with Crippen LogP contribution >= 0.6 is 15.6 Å². The number of hydrogen-bond acceptors (Lipinski definition) is 8. The summed E-state index contributed by atoms with van der Waals surface area (Å²) in [6.45, 7) is 0. The van der Waals surface area contributed by atoms with E-state index in [0.717, 1.165) is 12.8 Å². The molecule has 4 aromatic rings. The molecule has 0 spiro atoms. The Morgan fingerprint density at radius 3 is 0.925 bits per heavy atom. The first-order chi connectivity index (χ1) is 19.5. The fraction of sp³-hybridized carbons (Fsp3) is 0.200. The monoisotopic (exact) mass is 580 g/mol. The predicted octanol–water partition coefficient (Wildman–Crippen LogP) is 8.86. The average molecular weight is 581 g/mol. The summed E-state index contributed by atoms with van der Waals surface area (Å²) < 4.78 is 63.5. The number of benzene rings is 4. The lowest BCUT2D eigenvalue weighted by atomic mass is 9.95. The first-order valence-electron chi connectivity index (χ1n) is 13.0. The van der Waals surface area contributed by atoms with Gasteiger partial charge in [0.25, 0.3) is 0 Å². The van der Waals surface area contributed by atoms with E-state index in [1.54, 1.807) is 97.1 Å². The summed E-state index contributed by atoms with van der Waals surface area (Å²) in [5.74, 6) is 1.28. The topological polar surface area (TPSA) is 89.5 Å². The van der Waals surface area contributed by atoms with E-state index in [4.69, 9.17) is 27.1 Å². The first-order valence-corrected chi connectivity index (χ1v) is 16.0. The summed E-state index contributed by atoms with van der Waals surface area (Å²) in [6.07, 6.45) is 0.955. The van der Waals surface area contributed by atoms with E-state index in [9.17, 15) is 9.13 Å². The maximum atomic E-state index is 14.1. The number of hydrogen-bond donors (Lipinski definition) is 0. The molecule has 0 radical (unpaired) electrons. The van der Waals surface area contributed by atoms with Crippen LogP contribution in [0.4, 0.5) is 0 Å². The smallest absolute Gasteiger partial charge is 0.395 e. The molecule has 1 aliphatic rings. The molecule has 0 aromatic heterocycles. The molecule has 0 heterocycles. The fourth-order valence-corrected chi connectivity index (χ4v) is 7.11. The van der Waals surface area contributed by atoms with Gasteiger partial charge in [-0.25, -0.2) is 9.13 Å². The van der Waals surface area contributed by atoms with Gasteiger partial charge < -0.3 is 18.1 Å². The van der Waals surface area contributed by atoms with Crippen LogP contribution in [0.3, 0.4) is 0 Å². The van der Waals surface area contributed by atoms with Crippen LogP contribution in [0.25, 0.3) is 0 Å². The van der Waals surface area contributed by atoms with Crippen molar-refractivity contribution in [2.75, 3.05) is 0 Å². The molecule has 4 aromatic carbocycles. The van der Waals surface area contributed by atoms with E-state index in [2.05, 4.69) is 0 Å². The molecule has 2 atom stereocenters. The highest BCUT2D eigenvalue weighted by molar-refractivity contribution is 7.49. The Labute approximate surface area is 234 Å². The molecule has 8 nitrogen and oxygen atoms in total. The van der Waals surface area contributed by atoms with Gasteiger partial charge in [0.1, 0.15) is 23.0 Å². The number of phosphoric acid groups is 2. The van der Waals surface area contributed by atoms with Crippen LogP contribution in [0.15, 0.2) is 121 Å². The zero-order chi connectivity index (χ0) is 27.7. The van der Waals surface area contributed by atoms with Crippen LogP contribution in [0, 0.1) is 0 Å². The molecule has 0 bridgehead atoms. The molecule has 1 fully saturated rings. The lowest BCUT2D eigenvalue weighted by molar-refractivity contribution is -0.00382. The largest absolute Gasteiger partial charge is 0.587 e.